The van der Waals surface area contributed by atoms with Crippen molar-refractivity contribution in [2.75, 3.05) is 0 Å². The maximum Gasteiger partial charge on any atom is 0.387 e. The van der Waals surface area contributed by atoms with Crippen molar-refractivity contribution in [1.82, 2.24) is 0 Å². The first-order valence-electron chi connectivity index (χ1n) is 4.75. The van der Waals surface area contributed by atoms with E-state index in [0.717, 1.165) is 12.1 Å². The maximum atomic E-state index is 12.2. The summed E-state index contributed by atoms with van der Waals surface area (Å²) in [7, 11) is 0. The molecule has 0 atom stereocenters. The Labute approximate surface area is 99.9 Å². The number of nitro groups is 1. The van der Waals surface area contributed by atoms with Crippen molar-refractivity contribution < 1.29 is 28.3 Å². The van der Waals surface area contributed by atoms with E-state index in [9.17, 15) is 23.7 Å². The highest BCUT2D eigenvalue weighted by Crippen LogP contribution is 2.30. The molecule has 98 valence electrons. The smallest absolute Gasteiger partial charge is 0.387 e. The number of carboxylic acid groups (broad SMARTS) is 1. The van der Waals surface area contributed by atoms with Crippen molar-refractivity contribution in [3.63, 3.8) is 0 Å². The molecule has 1 aromatic rings. The van der Waals surface area contributed by atoms with Gasteiger partial charge in [0.25, 0.3) is 5.69 Å². The number of carbonyl (C=O) groups is 1. The van der Waals surface area contributed by atoms with Crippen LogP contribution < -0.4 is 4.74 Å². The monoisotopic (exact) mass is 261 g/mol. The van der Waals surface area contributed by atoms with Gasteiger partial charge in [-0.25, -0.2) is 0 Å². The molecule has 0 bridgehead atoms. The molecule has 6 nitrogen and oxygen atoms in total. The lowest BCUT2D eigenvalue weighted by Crippen LogP contribution is -2.09. The molecule has 1 aromatic carbocycles. The number of ether oxygens (including phenoxy) is 1. The van der Waals surface area contributed by atoms with Gasteiger partial charge < -0.3 is 9.84 Å². The van der Waals surface area contributed by atoms with Crippen molar-refractivity contribution in [1.29, 1.82) is 0 Å². The molecular formula is C10H9F2NO5. The van der Waals surface area contributed by atoms with Crippen LogP contribution in [0.3, 0.4) is 0 Å². The molecule has 8 heteroatoms. The van der Waals surface area contributed by atoms with Crippen LogP contribution in [0.1, 0.15) is 11.1 Å². The van der Waals surface area contributed by atoms with E-state index in [1.165, 1.54) is 6.92 Å². The number of hydrogen-bond donors (Lipinski definition) is 1. The first kappa shape index (κ1) is 13.8. The fourth-order valence-corrected chi connectivity index (χ4v) is 1.48. The summed E-state index contributed by atoms with van der Waals surface area (Å²) in [5.74, 6) is -1.63. The number of rotatable bonds is 5. The minimum Gasteiger partial charge on any atom is -0.481 e. The summed E-state index contributed by atoms with van der Waals surface area (Å²) in [4.78, 5) is 20.4. The molecule has 0 aliphatic heterocycles. The fourth-order valence-electron chi connectivity index (χ4n) is 1.48. The van der Waals surface area contributed by atoms with Gasteiger partial charge in [-0.2, -0.15) is 8.78 Å². The SMILES string of the molecule is Cc1cc([N+](=O)[O-])cc(CC(=O)O)c1OC(F)F. The Balaban J connectivity index is 3.29. The summed E-state index contributed by atoms with van der Waals surface area (Å²) in [5.41, 5.74) is -0.444. The summed E-state index contributed by atoms with van der Waals surface area (Å²) < 4.78 is 28.5. The lowest BCUT2D eigenvalue weighted by atomic mass is 10.1. The van der Waals surface area contributed by atoms with Gasteiger partial charge in [0.2, 0.25) is 0 Å². The average molecular weight is 261 g/mol. The molecule has 1 N–H and O–H groups in total. The van der Waals surface area contributed by atoms with Gasteiger partial charge in [0.05, 0.1) is 11.3 Å². The zero-order chi connectivity index (χ0) is 13.9. The van der Waals surface area contributed by atoms with E-state index < -0.39 is 23.9 Å². The van der Waals surface area contributed by atoms with Gasteiger partial charge in [0, 0.05) is 17.7 Å². The predicted molar refractivity (Wildman–Crippen MR) is 55.8 cm³/mol. The summed E-state index contributed by atoms with van der Waals surface area (Å²) in [6.07, 6.45) is -0.634. The highest BCUT2D eigenvalue weighted by molar-refractivity contribution is 5.72. The number of benzene rings is 1. The second-order valence-corrected chi connectivity index (χ2v) is 3.46. The standard InChI is InChI=1S/C10H9F2NO5/c1-5-2-7(13(16)17)3-6(4-8(14)15)9(5)18-10(11)12/h2-3,10H,4H2,1H3,(H,14,15). The Hall–Kier alpha value is -2.25. The molecule has 1 rings (SSSR count). The largest absolute Gasteiger partial charge is 0.481 e. The lowest BCUT2D eigenvalue weighted by Gasteiger charge is -2.12. The molecular weight excluding hydrogens is 252 g/mol. The van der Waals surface area contributed by atoms with Crippen LogP contribution in [0.5, 0.6) is 5.75 Å². The third-order valence-electron chi connectivity index (χ3n) is 2.10. The lowest BCUT2D eigenvalue weighted by molar-refractivity contribution is -0.385. The van der Waals surface area contributed by atoms with Crippen molar-refractivity contribution in [3.8, 4) is 5.75 Å². The summed E-state index contributed by atoms with van der Waals surface area (Å²) in [6, 6.07) is 1.96. The fraction of sp³-hybridized carbons (Fsp3) is 0.300. The van der Waals surface area contributed by atoms with Gasteiger partial charge in [0.1, 0.15) is 5.75 Å². The Kier molecular flexibility index (Phi) is 4.13. The van der Waals surface area contributed by atoms with Gasteiger partial charge in [0.15, 0.2) is 0 Å². The minimum absolute atomic E-state index is 0.0840. The zero-order valence-corrected chi connectivity index (χ0v) is 9.22. The van der Waals surface area contributed by atoms with Crippen LogP contribution in [0.15, 0.2) is 12.1 Å². The van der Waals surface area contributed by atoms with Gasteiger partial charge >= 0.3 is 12.6 Å². The van der Waals surface area contributed by atoms with Crippen molar-refractivity contribution >= 4 is 11.7 Å². The third-order valence-corrected chi connectivity index (χ3v) is 2.10. The molecule has 0 aromatic heterocycles. The summed E-state index contributed by atoms with van der Waals surface area (Å²) in [5, 5.41) is 19.2. The predicted octanol–water partition coefficient (Wildman–Crippen LogP) is 2.13. The van der Waals surface area contributed by atoms with Gasteiger partial charge in [-0.05, 0) is 12.5 Å². The number of aryl methyl sites for hydroxylation is 1. The highest BCUT2D eigenvalue weighted by Gasteiger charge is 2.19. The summed E-state index contributed by atoms with van der Waals surface area (Å²) >= 11 is 0. The summed E-state index contributed by atoms with van der Waals surface area (Å²) in [6.45, 7) is -1.80. The third kappa shape index (κ3) is 3.37. The Morgan fingerprint density at radius 3 is 2.61 bits per heavy atom. The van der Waals surface area contributed by atoms with E-state index in [-0.39, 0.29) is 22.6 Å². The molecule has 0 aliphatic rings. The maximum absolute atomic E-state index is 12.2. The van der Waals surface area contributed by atoms with Crippen LogP contribution in [0.25, 0.3) is 0 Å². The average Bonchev–Trinajstić information content (AvgIpc) is 2.21. The van der Waals surface area contributed by atoms with Crippen LogP contribution >= 0.6 is 0 Å². The van der Waals surface area contributed by atoms with E-state index in [2.05, 4.69) is 4.74 Å². The van der Waals surface area contributed by atoms with Crippen LogP contribution in [0.4, 0.5) is 14.5 Å². The molecule has 0 unspecified atom stereocenters. The normalized spacial score (nSPS) is 10.4. The number of non-ortho nitro benzene ring substituents is 1. The Morgan fingerprint density at radius 1 is 1.56 bits per heavy atom. The van der Waals surface area contributed by atoms with E-state index in [0.29, 0.717) is 0 Å². The second kappa shape index (κ2) is 5.39. The van der Waals surface area contributed by atoms with E-state index >= 15 is 0 Å². The molecule has 0 radical (unpaired) electrons. The number of alkyl halides is 2. The van der Waals surface area contributed by atoms with Crippen molar-refractivity contribution in [2.45, 2.75) is 20.0 Å². The van der Waals surface area contributed by atoms with Crippen LogP contribution in [-0.2, 0) is 11.2 Å². The number of nitrogens with zero attached hydrogens (tertiary/aromatic N) is 1. The first-order chi connectivity index (χ1) is 8.31. The van der Waals surface area contributed by atoms with Gasteiger partial charge in [-0.15, -0.1) is 0 Å². The molecule has 0 fully saturated rings. The van der Waals surface area contributed by atoms with Gasteiger partial charge in [-0.3, -0.25) is 14.9 Å². The zero-order valence-electron chi connectivity index (χ0n) is 9.22. The number of nitro benzene ring substituents is 1. The van der Waals surface area contributed by atoms with Crippen LogP contribution in [0, 0.1) is 17.0 Å². The van der Waals surface area contributed by atoms with Crippen LogP contribution in [-0.4, -0.2) is 22.6 Å². The van der Waals surface area contributed by atoms with Gasteiger partial charge in [-0.1, -0.05) is 0 Å². The van der Waals surface area contributed by atoms with Crippen LogP contribution in [0.2, 0.25) is 0 Å². The highest BCUT2D eigenvalue weighted by atomic mass is 19.3. The molecule has 0 heterocycles. The number of carboxylic acids is 1. The molecule has 0 amide bonds. The Morgan fingerprint density at radius 2 is 2.17 bits per heavy atom. The molecule has 0 spiro atoms. The molecule has 0 saturated heterocycles. The number of hydrogen-bond acceptors (Lipinski definition) is 4. The number of halogens is 2. The van der Waals surface area contributed by atoms with Crippen molar-refractivity contribution in [2.24, 2.45) is 0 Å². The molecule has 0 saturated carbocycles. The van der Waals surface area contributed by atoms with E-state index in [1.807, 2.05) is 0 Å². The first-order valence-corrected chi connectivity index (χ1v) is 4.75. The quantitative estimate of drug-likeness (QED) is 0.647. The van der Waals surface area contributed by atoms with E-state index in [4.69, 9.17) is 5.11 Å². The molecule has 18 heavy (non-hydrogen) atoms. The second-order valence-electron chi connectivity index (χ2n) is 3.46. The number of aliphatic carboxylic acids is 1. The Bertz CT molecular complexity index is 489. The minimum atomic E-state index is -3.13. The molecule has 0 aliphatic carbocycles. The topological polar surface area (TPSA) is 89.7 Å². The van der Waals surface area contributed by atoms with E-state index in [1.54, 1.807) is 0 Å². The van der Waals surface area contributed by atoms with Crippen molar-refractivity contribution in [3.05, 3.63) is 33.4 Å².